The third-order valence-electron chi connectivity index (χ3n) is 4.00. The van der Waals surface area contributed by atoms with Gasteiger partial charge < -0.3 is 5.32 Å². The van der Waals surface area contributed by atoms with E-state index in [1.165, 1.54) is 11.8 Å². The number of benzene rings is 2. The fourth-order valence-electron chi connectivity index (χ4n) is 2.74. The number of hydrogen-bond acceptors (Lipinski definition) is 4. The van der Waals surface area contributed by atoms with Crippen LogP contribution >= 0.6 is 11.8 Å². The zero-order valence-corrected chi connectivity index (χ0v) is 14.5. The maximum atomic E-state index is 12.3. The number of hydrogen-bond donors (Lipinski definition) is 1. The van der Waals surface area contributed by atoms with E-state index >= 15 is 0 Å². The highest BCUT2D eigenvalue weighted by molar-refractivity contribution is 7.99. The normalized spacial score (nSPS) is 11.1. The number of para-hydroxylation sites is 2. The van der Waals surface area contributed by atoms with Gasteiger partial charge in [-0.1, -0.05) is 48.2 Å². The van der Waals surface area contributed by atoms with Crippen molar-refractivity contribution in [1.29, 1.82) is 0 Å². The van der Waals surface area contributed by atoms with Crippen molar-refractivity contribution in [3.05, 3.63) is 66.2 Å². The maximum absolute atomic E-state index is 12.3. The Balaban J connectivity index is 1.56. The second-order valence-electron chi connectivity index (χ2n) is 5.72. The first-order valence-corrected chi connectivity index (χ1v) is 8.92. The van der Waals surface area contributed by atoms with Crippen LogP contribution < -0.4 is 5.32 Å². The molecule has 0 bridgehead atoms. The second kappa shape index (κ2) is 6.57. The van der Waals surface area contributed by atoms with Gasteiger partial charge in [0.15, 0.2) is 10.8 Å². The van der Waals surface area contributed by atoms with Gasteiger partial charge >= 0.3 is 0 Å². The molecule has 0 spiro atoms. The van der Waals surface area contributed by atoms with Crippen LogP contribution in [-0.2, 0) is 4.79 Å². The summed E-state index contributed by atoms with van der Waals surface area (Å²) in [6.07, 6.45) is 0. The first kappa shape index (κ1) is 15.7. The smallest absolute Gasteiger partial charge is 0.234 e. The Bertz CT molecular complexity index is 1070. The Kier molecular flexibility index (Phi) is 4.11. The molecule has 0 saturated carbocycles. The van der Waals surface area contributed by atoms with Crippen LogP contribution in [0.3, 0.4) is 0 Å². The van der Waals surface area contributed by atoms with Crippen LogP contribution in [0.15, 0.2) is 65.8 Å². The van der Waals surface area contributed by atoms with Crippen molar-refractivity contribution in [3.8, 4) is 0 Å². The number of carbonyl (C=O) groups is 1. The molecule has 124 valence electrons. The maximum Gasteiger partial charge on any atom is 0.234 e. The molecule has 4 aromatic rings. The van der Waals surface area contributed by atoms with E-state index in [1.807, 2.05) is 72.0 Å². The Labute approximate surface area is 149 Å². The molecule has 0 aliphatic carbocycles. The third-order valence-corrected chi connectivity index (χ3v) is 4.93. The average molecular weight is 348 g/mol. The van der Waals surface area contributed by atoms with Crippen LogP contribution in [-0.4, -0.2) is 26.3 Å². The van der Waals surface area contributed by atoms with Gasteiger partial charge in [0.1, 0.15) is 0 Å². The van der Waals surface area contributed by atoms with Gasteiger partial charge in [-0.3, -0.25) is 9.20 Å². The standard InChI is InChI=1S/C19H16N4OS/c1-13-6-2-4-8-15(13)20-18(24)12-25-19-22-21-17-11-10-14-7-3-5-9-16(14)23(17)19/h2-11H,12H2,1H3,(H,20,24). The van der Waals surface area contributed by atoms with Crippen molar-refractivity contribution in [3.63, 3.8) is 0 Å². The number of anilines is 1. The number of nitrogens with one attached hydrogen (secondary N) is 1. The number of nitrogens with zero attached hydrogens (tertiary/aromatic N) is 3. The van der Waals surface area contributed by atoms with E-state index in [2.05, 4.69) is 15.5 Å². The summed E-state index contributed by atoms with van der Waals surface area (Å²) < 4.78 is 1.99. The van der Waals surface area contributed by atoms with Crippen LogP contribution in [0.25, 0.3) is 16.6 Å². The van der Waals surface area contributed by atoms with Crippen molar-refractivity contribution in [2.75, 3.05) is 11.1 Å². The lowest BCUT2D eigenvalue weighted by Crippen LogP contribution is -2.15. The van der Waals surface area contributed by atoms with Crippen LogP contribution in [0.2, 0.25) is 0 Å². The largest absolute Gasteiger partial charge is 0.325 e. The van der Waals surface area contributed by atoms with Crippen molar-refractivity contribution in [2.24, 2.45) is 0 Å². The molecule has 0 aliphatic heterocycles. The number of pyridine rings is 1. The lowest BCUT2D eigenvalue weighted by Gasteiger charge is -2.08. The molecule has 1 N–H and O–H groups in total. The van der Waals surface area contributed by atoms with E-state index in [1.54, 1.807) is 0 Å². The molecule has 2 aromatic carbocycles. The first-order valence-electron chi connectivity index (χ1n) is 7.93. The van der Waals surface area contributed by atoms with Gasteiger partial charge in [-0.15, -0.1) is 10.2 Å². The molecular weight excluding hydrogens is 332 g/mol. The summed E-state index contributed by atoms with van der Waals surface area (Å²) in [5.41, 5.74) is 3.69. The minimum absolute atomic E-state index is 0.0590. The van der Waals surface area contributed by atoms with E-state index in [9.17, 15) is 4.79 Å². The topological polar surface area (TPSA) is 59.3 Å². The fourth-order valence-corrected chi connectivity index (χ4v) is 3.49. The van der Waals surface area contributed by atoms with Crippen molar-refractivity contribution in [2.45, 2.75) is 12.1 Å². The summed E-state index contributed by atoms with van der Waals surface area (Å²) in [4.78, 5) is 12.3. The van der Waals surface area contributed by atoms with Crippen LogP contribution in [0, 0.1) is 6.92 Å². The number of thioether (sulfide) groups is 1. The predicted octanol–water partition coefficient (Wildman–Crippen LogP) is 3.92. The molecule has 2 aromatic heterocycles. The number of fused-ring (bicyclic) bond motifs is 3. The number of rotatable bonds is 4. The molecule has 0 saturated heterocycles. The molecule has 25 heavy (non-hydrogen) atoms. The Morgan fingerprint density at radius 1 is 1.04 bits per heavy atom. The predicted molar refractivity (Wildman–Crippen MR) is 101 cm³/mol. The number of carbonyl (C=O) groups excluding carboxylic acids is 1. The van der Waals surface area contributed by atoms with E-state index in [0.717, 1.165) is 27.8 Å². The zero-order valence-electron chi connectivity index (χ0n) is 13.6. The SMILES string of the molecule is Cc1ccccc1NC(=O)CSc1nnc2ccc3ccccc3n12. The lowest BCUT2D eigenvalue weighted by molar-refractivity contribution is -0.113. The summed E-state index contributed by atoms with van der Waals surface area (Å²) in [6.45, 7) is 1.97. The number of aromatic nitrogens is 3. The molecular formula is C19H16N4OS. The molecule has 4 rings (SSSR count). The summed E-state index contributed by atoms with van der Waals surface area (Å²) in [5, 5.41) is 13.2. The molecule has 1 amide bonds. The molecule has 5 nitrogen and oxygen atoms in total. The summed E-state index contributed by atoms with van der Waals surface area (Å²) in [7, 11) is 0. The number of aryl methyl sites for hydroxylation is 1. The third kappa shape index (κ3) is 3.08. The van der Waals surface area contributed by atoms with E-state index in [-0.39, 0.29) is 11.7 Å². The van der Waals surface area contributed by atoms with Crippen LogP contribution in [0.1, 0.15) is 5.56 Å². The molecule has 2 heterocycles. The summed E-state index contributed by atoms with van der Waals surface area (Å²) in [5.74, 6) is 0.217. The molecule has 0 unspecified atom stereocenters. The van der Waals surface area contributed by atoms with Crippen LogP contribution in [0.4, 0.5) is 5.69 Å². The Hall–Kier alpha value is -2.86. The zero-order chi connectivity index (χ0) is 17.2. The van der Waals surface area contributed by atoms with E-state index in [0.29, 0.717) is 5.16 Å². The van der Waals surface area contributed by atoms with Gasteiger partial charge in [-0.05, 0) is 42.1 Å². The molecule has 0 fully saturated rings. The number of amides is 1. The monoisotopic (exact) mass is 348 g/mol. The van der Waals surface area contributed by atoms with Crippen molar-refractivity contribution in [1.82, 2.24) is 14.6 Å². The van der Waals surface area contributed by atoms with Gasteiger partial charge in [-0.25, -0.2) is 0 Å². The quantitative estimate of drug-likeness (QED) is 0.568. The van der Waals surface area contributed by atoms with Gasteiger partial charge in [0.2, 0.25) is 5.91 Å². The lowest BCUT2D eigenvalue weighted by atomic mass is 10.2. The summed E-state index contributed by atoms with van der Waals surface area (Å²) in [6, 6.07) is 19.8. The summed E-state index contributed by atoms with van der Waals surface area (Å²) >= 11 is 1.38. The van der Waals surface area contributed by atoms with Crippen molar-refractivity contribution >= 4 is 39.9 Å². The van der Waals surface area contributed by atoms with Crippen molar-refractivity contribution < 1.29 is 4.79 Å². The molecule has 0 atom stereocenters. The molecule has 6 heteroatoms. The fraction of sp³-hybridized carbons (Fsp3) is 0.105. The van der Waals surface area contributed by atoms with Crippen LogP contribution in [0.5, 0.6) is 0 Å². The Morgan fingerprint density at radius 3 is 2.72 bits per heavy atom. The van der Waals surface area contributed by atoms with E-state index < -0.39 is 0 Å². The minimum Gasteiger partial charge on any atom is -0.325 e. The van der Waals surface area contributed by atoms with Gasteiger partial charge in [0.05, 0.1) is 11.3 Å². The van der Waals surface area contributed by atoms with Gasteiger partial charge in [0.25, 0.3) is 0 Å². The minimum atomic E-state index is -0.0590. The average Bonchev–Trinajstić information content (AvgIpc) is 3.05. The van der Waals surface area contributed by atoms with E-state index in [4.69, 9.17) is 0 Å². The molecule has 0 radical (unpaired) electrons. The first-order chi connectivity index (χ1) is 12.2. The Morgan fingerprint density at radius 2 is 1.84 bits per heavy atom. The van der Waals surface area contributed by atoms with Gasteiger partial charge in [0, 0.05) is 5.69 Å². The highest BCUT2D eigenvalue weighted by atomic mass is 32.2. The second-order valence-corrected chi connectivity index (χ2v) is 6.66. The highest BCUT2D eigenvalue weighted by Crippen LogP contribution is 2.23. The highest BCUT2D eigenvalue weighted by Gasteiger charge is 2.12. The molecule has 0 aliphatic rings. The van der Waals surface area contributed by atoms with Gasteiger partial charge in [-0.2, -0.15) is 0 Å².